The van der Waals surface area contributed by atoms with Gasteiger partial charge in [-0.15, -0.1) is 0 Å². The van der Waals surface area contributed by atoms with Crippen molar-refractivity contribution in [3.05, 3.63) is 89.6 Å². The number of benzene rings is 2. The minimum absolute atomic E-state index is 0.219. The number of halogens is 1. The van der Waals surface area contributed by atoms with Crippen molar-refractivity contribution in [3.63, 3.8) is 0 Å². The maximum atomic E-state index is 12.4. The van der Waals surface area contributed by atoms with Crippen LogP contribution in [0.3, 0.4) is 0 Å². The zero-order valence-electron chi connectivity index (χ0n) is 13.4. The highest BCUT2D eigenvalue weighted by atomic mass is 35.5. The minimum Gasteiger partial charge on any atom is -0.399 e. The number of hydrogen-bond acceptors (Lipinski definition) is 3. The molecule has 3 N–H and O–H groups in total. The largest absolute Gasteiger partial charge is 0.399 e. The van der Waals surface area contributed by atoms with Crippen LogP contribution < -0.4 is 11.1 Å². The van der Waals surface area contributed by atoms with Crippen molar-refractivity contribution in [1.82, 2.24) is 4.98 Å². The van der Waals surface area contributed by atoms with Crippen molar-refractivity contribution >= 4 is 28.9 Å². The van der Waals surface area contributed by atoms with Gasteiger partial charge in [-0.05, 0) is 48.0 Å². The topological polar surface area (TPSA) is 68.0 Å². The van der Waals surface area contributed by atoms with Crippen LogP contribution in [0.25, 0.3) is 17.0 Å². The molecule has 1 amide bonds. The van der Waals surface area contributed by atoms with Crippen LogP contribution in [0.15, 0.2) is 73.4 Å². The van der Waals surface area contributed by atoms with E-state index in [-0.39, 0.29) is 5.91 Å². The van der Waals surface area contributed by atoms with Gasteiger partial charge in [0.1, 0.15) is 0 Å². The fraction of sp³-hybridized carbons (Fsp3) is 0. The predicted octanol–water partition coefficient (Wildman–Crippen LogP) is 4.58. The summed E-state index contributed by atoms with van der Waals surface area (Å²) < 4.78 is 0. The van der Waals surface area contributed by atoms with Crippen molar-refractivity contribution in [3.8, 4) is 11.3 Å². The molecular weight excluding hydrogens is 334 g/mol. The Hall–Kier alpha value is -3.11. The molecule has 4 nitrogen and oxygen atoms in total. The Kier molecular flexibility index (Phi) is 4.82. The number of pyridine rings is 1. The van der Waals surface area contributed by atoms with E-state index in [2.05, 4.69) is 16.9 Å². The summed E-state index contributed by atoms with van der Waals surface area (Å²) in [7, 11) is 0. The third-order valence-corrected chi connectivity index (χ3v) is 4.01. The molecule has 0 saturated heterocycles. The van der Waals surface area contributed by atoms with Gasteiger partial charge in [0.05, 0.1) is 10.7 Å². The van der Waals surface area contributed by atoms with E-state index in [0.717, 1.165) is 16.8 Å². The van der Waals surface area contributed by atoms with Crippen LogP contribution in [0, 0.1) is 0 Å². The lowest BCUT2D eigenvalue weighted by molar-refractivity contribution is 0.102. The van der Waals surface area contributed by atoms with Gasteiger partial charge in [0, 0.05) is 28.7 Å². The number of hydrogen-bond donors (Lipinski definition) is 2. The molecule has 0 aliphatic carbocycles. The number of amides is 1. The Labute approximate surface area is 151 Å². The second kappa shape index (κ2) is 7.20. The van der Waals surface area contributed by atoms with E-state index in [1.165, 1.54) is 0 Å². The lowest BCUT2D eigenvalue weighted by atomic mass is 10.1. The number of nitrogens with two attached hydrogens (primary N) is 1. The number of carbonyl (C=O) groups is 1. The summed E-state index contributed by atoms with van der Waals surface area (Å²) in [6, 6.07) is 17.8. The summed E-state index contributed by atoms with van der Waals surface area (Å²) in [6.45, 7) is 3.67. The number of anilines is 1. The molecule has 3 aromatic rings. The van der Waals surface area contributed by atoms with E-state index in [0.29, 0.717) is 22.0 Å². The molecule has 25 heavy (non-hydrogen) atoms. The summed E-state index contributed by atoms with van der Waals surface area (Å²) in [5.41, 5.74) is 9.56. The number of nitrogens with one attached hydrogen (secondary N) is 1. The second-order valence-electron chi connectivity index (χ2n) is 5.47. The van der Waals surface area contributed by atoms with Crippen molar-refractivity contribution in [1.29, 1.82) is 0 Å². The Bertz CT molecular complexity index is 921. The molecule has 3 rings (SSSR count). The van der Waals surface area contributed by atoms with Crippen LogP contribution in [-0.2, 0) is 0 Å². The zero-order chi connectivity index (χ0) is 17.8. The normalized spacial score (nSPS) is 10.3. The van der Waals surface area contributed by atoms with E-state index < -0.39 is 0 Å². The van der Waals surface area contributed by atoms with Crippen LogP contribution in [-0.4, -0.2) is 10.9 Å². The summed E-state index contributed by atoms with van der Waals surface area (Å²) in [4.78, 5) is 16.7. The summed E-state index contributed by atoms with van der Waals surface area (Å²) in [5, 5.41) is 3.44. The van der Waals surface area contributed by atoms with E-state index in [1.807, 2.05) is 18.2 Å². The summed E-state index contributed by atoms with van der Waals surface area (Å²) >= 11 is 6.26. The SMILES string of the molecule is C=C(N)c1ccc(C(=O)Nc2ccc(Cl)c(-c3ccccn3)c2)cc1. The molecule has 0 saturated carbocycles. The number of aromatic nitrogens is 1. The molecular formula is C20H16ClN3O. The molecule has 0 spiro atoms. The summed E-state index contributed by atoms with van der Waals surface area (Å²) in [6.07, 6.45) is 1.70. The highest BCUT2D eigenvalue weighted by molar-refractivity contribution is 6.33. The van der Waals surface area contributed by atoms with Crippen LogP contribution in [0.5, 0.6) is 0 Å². The van der Waals surface area contributed by atoms with Crippen molar-refractivity contribution in [2.75, 3.05) is 5.32 Å². The Morgan fingerprint density at radius 2 is 1.76 bits per heavy atom. The molecule has 0 bridgehead atoms. The number of rotatable bonds is 4. The Morgan fingerprint density at radius 1 is 1.04 bits per heavy atom. The van der Waals surface area contributed by atoms with Crippen LogP contribution >= 0.6 is 11.6 Å². The highest BCUT2D eigenvalue weighted by Gasteiger charge is 2.10. The minimum atomic E-state index is -0.219. The smallest absolute Gasteiger partial charge is 0.255 e. The third-order valence-electron chi connectivity index (χ3n) is 3.68. The van der Waals surface area contributed by atoms with E-state index in [4.69, 9.17) is 17.3 Å². The molecule has 1 heterocycles. The first-order valence-corrected chi connectivity index (χ1v) is 7.99. The van der Waals surface area contributed by atoms with Gasteiger partial charge in [0.2, 0.25) is 0 Å². The standard InChI is InChI=1S/C20H16ClN3O/c1-13(22)14-5-7-15(8-6-14)20(25)24-16-9-10-18(21)17(12-16)19-4-2-3-11-23-19/h2-12H,1,22H2,(H,24,25). The highest BCUT2D eigenvalue weighted by Crippen LogP contribution is 2.29. The lowest BCUT2D eigenvalue weighted by Crippen LogP contribution is -2.12. The van der Waals surface area contributed by atoms with Crippen LogP contribution in [0.2, 0.25) is 5.02 Å². The fourth-order valence-corrected chi connectivity index (χ4v) is 2.57. The Morgan fingerprint density at radius 3 is 2.40 bits per heavy atom. The Balaban J connectivity index is 1.83. The zero-order valence-corrected chi connectivity index (χ0v) is 14.1. The van der Waals surface area contributed by atoms with Gasteiger partial charge in [-0.2, -0.15) is 0 Å². The molecule has 5 heteroatoms. The van der Waals surface area contributed by atoms with Gasteiger partial charge in [-0.3, -0.25) is 9.78 Å². The van der Waals surface area contributed by atoms with Crippen molar-refractivity contribution in [2.24, 2.45) is 5.73 Å². The second-order valence-corrected chi connectivity index (χ2v) is 5.87. The van der Waals surface area contributed by atoms with Gasteiger partial charge >= 0.3 is 0 Å². The van der Waals surface area contributed by atoms with E-state index >= 15 is 0 Å². The summed E-state index contributed by atoms with van der Waals surface area (Å²) in [5.74, 6) is -0.219. The van der Waals surface area contributed by atoms with Crippen molar-refractivity contribution < 1.29 is 4.79 Å². The molecule has 124 valence electrons. The maximum Gasteiger partial charge on any atom is 0.255 e. The molecule has 0 radical (unpaired) electrons. The maximum absolute atomic E-state index is 12.4. The van der Waals surface area contributed by atoms with Gasteiger partial charge in [0.25, 0.3) is 5.91 Å². The molecule has 0 unspecified atom stereocenters. The van der Waals surface area contributed by atoms with Crippen LogP contribution in [0.1, 0.15) is 15.9 Å². The fourth-order valence-electron chi connectivity index (χ4n) is 2.36. The number of carbonyl (C=O) groups excluding carboxylic acids is 1. The van der Waals surface area contributed by atoms with Gasteiger partial charge in [-0.25, -0.2) is 0 Å². The third kappa shape index (κ3) is 3.87. The van der Waals surface area contributed by atoms with Gasteiger partial charge < -0.3 is 11.1 Å². The van der Waals surface area contributed by atoms with E-state index in [9.17, 15) is 4.79 Å². The van der Waals surface area contributed by atoms with E-state index in [1.54, 1.807) is 48.7 Å². The average Bonchev–Trinajstić information content (AvgIpc) is 2.64. The molecule has 0 atom stereocenters. The predicted molar refractivity (Wildman–Crippen MR) is 102 cm³/mol. The molecule has 0 aliphatic rings. The first kappa shape index (κ1) is 16.7. The van der Waals surface area contributed by atoms with Crippen LogP contribution in [0.4, 0.5) is 5.69 Å². The van der Waals surface area contributed by atoms with Crippen molar-refractivity contribution in [2.45, 2.75) is 0 Å². The van der Waals surface area contributed by atoms with Gasteiger partial charge in [-0.1, -0.05) is 36.4 Å². The van der Waals surface area contributed by atoms with Gasteiger partial charge in [0.15, 0.2) is 0 Å². The first-order chi connectivity index (χ1) is 12.0. The monoisotopic (exact) mass is 349 g/mol. The number of nitrogens with zero attached hydrogens (tertiary/aromatic N) is 1. The molecule has 0 fully saturated rings. The molecule has 2 aromatic carbocycles. The molecule has 0 aliphatic heterocycles. The lowest BCUT2D eigenvalue weighted by Gasteiger charge is -2.09. The average molecular weight is 350 g/mol. The quantitative estimate of drug-likeness (QED) is 0.724. The molecule has 1 aromatic heterocycles. The first-order valence-electron chi connectivity index (χ1n) is 7.62.